The third-order valence-electron chi connectivity index (χ3n) is 12.1. The van der Waals surface area contributed by atoms with Crippen LogP contribution in [-0.4, -0.2) is 113 Å². The third-order valence-corrected chi connectivity index (χ3v) is 12.1. The van der Waals surface area contributed by atoms with Gasteiger partial charge in [-0.3, -0.25) is 9.69 Å². The van der Waals surface area contributed by atoms with Gasteiger partial charge in [-0.25, -0.2) is 0 Å². The Morgan fingerprint density at radius 2 is 1.76 bits per heavy atom. The van der Waals surface area contributed by atoms with Crippen molar-refractivity contribution in [2.45, 2.75) is 81.2 Å². The molecule has 1 N–H and O–H groups in total. The monoisotopic (exact) mass is 523 g/mol. The highest BCUT2D eigenvalue weighted by Crippen LogP contribution is 2.80. The van der Waals surface area contributed by atoms with Crippen LogP contribution in [0.25, 0.3) is 0 Å². The zero-order chi connectivity index (χ0) is 26.5. The first-order chi connectivity index (χ1) is 17.7. The minimum Gasteiger partial charge on any atom is -0.459 e. The van der Waals surface area contributed by atoms with Gasteiger partial charge in [0.15, 0.2) is 0 Å². The molecule has 9 nitrogen and oxygen atoms in total. The van der Waals surface area contributed by atoms with E-state index < -0.39 is 23.4 Å². The number of ether oxygens (including phenoxy) is 6. The number of esters is 1. The summed E-state index contributed by atoms with van der Waals surface area (Å²) in [7, 11) is 8.89. The van der Waals surface area contributed by atoms with Gasteiger partial charge in [-0.15, -0.1) is 0 Å². The summed E-state index contributed by atoms with van der Waals surface area (Å²) in [5, 5.41) is 12.3. The average Bonchev–Trinajstić information content (AvgIpc) is 3.24. The minimum absolute atomic E-state index is 0.00143. The summed E-state index contributed by atoms with van der Waals surface area (Å²) in [4.78, 5) is 15.1. The zero-order valence-electron chi connectivity index (χ0n) is 23.4. The van der Waals surface area contributed by atoms with Crippen LogP contribution in [-0.2, 0) is 33.2 Å². The second kappa shape index (κ2) is 8.59. The molecule has 0 aromatic rings. The van der Waals surface area contributed by atoms with Gasteiger partial charge in [0.1, 0.15) is 11.7 Å². The molecule has 6 fully saturated rings. The quantitative estimate of drug-likeness (QED) is 0.475. The first-order valence-electron chi connectivity index (χ1n) is 14.0. The number of likely N-dealkylation sites (tertiary alicyclic amines) is 1. The fraction of sp³-hybridized carbons (Fsp3) is 0.964. The highest BCUT2D eigenvalue weighted by Gasteiger charge is 2.89. The van der Waals surface area contributed by atoms with Gasteiger partial charge < -0.3 is 33.5 Å². The fourth-order valence-corrected chi connectivity index (χ4v) is 11.6. The van der Waals surface area contributed by atoms with Crippen LogP contribution in [0, 0.1) is 34.5 Å². The second-order valence-corrected chi connectivity index (χ2v) is 12.7. The molecule has 9 heteroatoms. The lowest BCUT2D eigenvalue weighted by Gasteiger charge is -2.69. The van der Waals surface area contributed by atoms with E-state index in [0.29, 0.717) is 19.4 Å². The van der Waals surface area contributed by atoms with Crippen molar-refractivity contribution in [2.75, 3.05) is 55.2 Å². The Balaban J connectivity index is 1.66. The number of carbonyl (C=O) groups is 1. The standard InChI is InChI=1S/C28H45NO8/c1-8-29-13-25(14-32-3)10-9-17(33-4)28-16-11-26(31)18(34-5)12-27(36-7,19(16)24(26)37-15(2)30)20(23(28)29)21(35-6)22(25)28/h16-24,31H,8-14H2,1-7H3/t16-,17+,18+,19-,20+,21+,22-,23-,24-,25+,26-,27-,28+/m1/s1. The van der Waals surface area contributed by atoms with Gasteiger partial charge in [0, 0.05) is 90.1 Å². The minimum atomic E-state index is -1.29. The van der Waals surface area contributed by atoms with Crippen LogP contribution in [0.15, 0.2) is 0 Å². The van der Waals surface area contributed by atoms with Crippen molar-refractivity contribution in [1.29, 1.82) is 0 Å². The topological polar surface area (TPSA) is 95.9 Å². The van der Waals surface area contributed by atoms with E-state index in [0.717, 1.165) is 25.9 Å². The molecule has 5 saturated carbocycles. The Bertz CT molecular complexity index is 934. The zero-order valence-corrected chi connectivity index (χ0v) is 23.4. The first kappa shape index (κ1) is 26.4. The van der Waals surface area contributed by atoms with Crippen molar-refractivity contribution in [3.8, 4) is 0 Å². The van der Waals surface area contributed by atoms with Crippen molar-refractivity contribution in [1.82, 2.24) is 4.90 Å². The van der Waals surface area contributed by atoms with Crippen LogP contribution in [0.5, 0.6) is 0 Å². The lowest BCUT2D eigenvalue weighted by atomic mass is 9.43. The van der Waals surface area contributed by atoms with Crippen molar-refractivity contribution >= 4 is 5.97 Å². The molecule has 13 atom stereocenters. The molecule has 1 saturated heterocycles. The van der Waals surface area contributed by atoms with Gasteiger partial charge >= 0.3 is 5.97 Å². The number of carbonyl (C=O) groups excluding carboxylic acids is 1. The van der Waals surface area contributed by atoms with Gasteiger partial charge in [-0.2, -0.15) is 0 Å². The molecule has 6 rings (SSSR count). The highest BCUT2D eigenvalue weighted by atomic mass is 16.6. The van der Waals surface area contributed by atoms with E-state index in [4.69, 9.17) is 28.4 Å². The summed E-state index contributed by atoms with van der Waals surface area (Å²) in [6.07, 6.45) is 1.62. The maximum atomic E-state index is 12.5. The number of fused-ring (bicyclic) bond motifs is 2. The molecule has 0 radical (unpaired) electrons. The van der Waals surface area contributed by atoms with E-state index >= 15 is 0 Å². The predicted octanol–water partition coefficient (Wildman–Crippen LogP) is 1.50. The molecule has 1 heterocycles. The van der Waals surface area contributed by atoms with Crippen molar-refractivity contribution in [2.24, 2.45) is 34.5 Å². The SMILES string of the molecule is CCN1C[C@]2(COC)CC[C@H](OC)[C@@]34[C@@H]5C[C@@]6(O)[C@@H](OC)C[C@@](OC)([C@H]5[C@H]6OC(C)=O)[C@@H]([C@H](OC)[C@H]23)[C@@H]14. The first-order valence-corrected chi connectivity index (χ1v) is 14.0. The van der Waals surface area contributed by atoms with E-state index in [1.807, 2.05) is 14.2 Å². The molecule has 7 bridgehead atoms. The summed E-state index contributed by atoms with van der Waals surface area (Å²) < 4.78 is 37.7. The van der Waals surface area contributed by atoms with Crippen molar-refractivity contribution in [3.05, 3.63) is 0 Å². The van der Waals surface area contributed by atoms with Crippen LogP contribution < -0.4 is 0 Å². The molecule has 0 amide bonds. The highest BCUT2D eigenvalue weighted by molar-refractivity contribution is 5.66. The Labute approximate surface area is 220 Å². The number of nitrogens with zero attached hydrogens (tertiary/aromatic N) is 1. The number of hydrogen-bond acceptors (Lipinski definition) is 9. The summed E-state index contributed by atoms with van der Waals surface area (Å²) >= 11 is 0. The van der Waals surface area contributed by atoms with Crippen LogP contribution in [0.4, 0.5) is 0 Å². The summed E-state index contributed by atoms with van der Waals surface area (Å²) in [5.41, 5.74) is -2.37. The predicted molar refractivity (Wildman–Crippen MR) is 133 cm³/mol. The van der Waals surface area contributed by atoms with Crippen LogP contribution in [0.3, 0.4) is 0 Å². The van der Waals surface area contributed by atoms with Crippen LogP contribution in [0.1, 0.15) is 39.5 Å². The third kappa shape index (κ3) is 2.82. The number of rotatable bonds is 8. The normalized spacial score (nSPS) is 55.4. The van der Waals surface area contributed by atoms with Crippen molar-refractivity contribution in [3.63, 3.8) is 0 Å². The fourth-order valence-electron chi connectivity index (χ4n) is 11.6. The average molecular weight is 524 g/mol. The summed E-state index contributed by atoms with van der Waals surface area (Å²) in [6.45, 7) is 6.16. The Morgan fingerprint density at radius 1 is 1.03 bits per heavy atom. The molecular formula is C28H45NO8. The number of methoxy groups -OCH3 is 5. The largest absolute Gasteiger partial charge is 0.459 e. The molecule has 0 unspecified atom stereocenters. The number of hydrogen-bond donors (Lipinski definition) is 1. The Morgan fingerprint density at radius 3 is 2.32 bits per heavy atom. The molecule has 0 aromatic carbocycles. The maximum Gasteiger partial charge on any atom is 0.303 e. The molecule has 1 spiro atoms. The van der Waals surface area contributed by atoms with Gasteiger partial charge in [0.2, 0.25) is 0 Å². The van der Waals surface area contributed by atoms with E-state index in [1.54, 1.807) is 21.3 Å². The lowest BCUT2D eigenvalue weighted by Crippen LogP contribution is -2.77. The van der Waals surface area contributed by atoms with Crippen LogP contribution >= 0.6 is 0 Å². The van der Waals surface area contributed by atoms with E-state index in [-0.39, 0.29) is 58.7 Å². The summed E-state index contributed by atoms with van der Waals surface area (Å²) in [5.74, 6) is -0.397. The van der Waals surface area contributed by atoms with Gasteiger partial charge in [-0.05, 0) is 31.7 Å². The molecule has 1 aliphatic heterocycles. The van der Waals surface area contributed by atoms with Gasteiger partial charge in [0.25, 0.3) is 0 Å². The van der Waals surface area contributed by atoms with E-state index in [9.17, 15) is 9.90 Å². The number of piperidine rings is 1. The maximum absolute atomic E-state index is 12.5. The van der Waals surface area contributed by atoms with Crippen LogP contribution in [0.2, 0.25) is 0 Å². The van der Waals surface area contributed by atoms with Gasteiger partial charge in [-0.1, -0.05) is 6.92 Å². The summed E-state index contributed by atoms with van der Waals surface area (Å²) in [6, 6.07) is 0.153. The van der Waals surface area contributed by atoms with E-state index in [2.05, 4.69) is 11.8 Å². The van der Waals surface area contributed by atoms with Gasteiger partial charge in [0.05, 0.1) is 30.5 Å². The molecule has 5 aliphatic carbocycles. The van der Waals surface area contributed by atoms with E-state index in [1.165, 1.54) is 6.92 Å². The Kier molecular flexibility index (Phi) is 6.13. The molecule has 210 valence electrons. The second-order valence-electron chi connectivity index (χ2n) is 12.7. The molecule has 37 heavy (non-hydrogen) atoms. The number of aliphatic hydroxyl groups is 1. The molecular weight excluding hydrogens is 478 g/mol. The lowest BCUT2D eigenvalue weighted by molar-refractivity contribution is -0.291. The Hall–Kier alpha value is -0.810. The molecule has 0 aromatic heterocycles. The smallest absolute Gasteiger partial charge is 0.303 e. The molecule has 6 aliphatic rings. The van der Waals surface area contributed by atoms with Crippen molar-refractivity contribution < 1.29 is 38.3 Å².